The molecule has 0 atom stereocenters. The van der Waals surface area contributed by atoms with E-state index in [1.165, 1.54) is 19.3 Å². The maximum atomic E-state index is 3.84. The summed E-state index contributed by atoms with van der Waals surface area (Å²) in [6, 6.07) is 0. The Hall–Kier alpha value is 0.913. The van der Waals surface area contributed by atoms with Crippen molar-refractivity contribution in [3.05, 3.63) is 6.92 Å². The first-order chi connectivity index (χ1) is 2.39. The van der Waals surface area contributed by atoms with Gasteiger partial charge in [0.2, 0.25) is 0 Å². The fourth-order valence-electron chi connectivity index (χ4n) is 0.493. The minimum absolute atomic E-state index is 0. The fourth-order valence-corrected chi connectivity index (χ4v) is 0.493. The molecule has 0 saturated heterocycles. The molecule has 0 nitrogen and oxygen atoms in total. The average molecular weight is 170 g/mol. The van der Waals surface area contributed by atoms with Crippen LogP contribution in [0.3, 0.4) is 0 Å². The maximum Gasteiger partial charge on any atom is 2.00 e. The SMILES string of the molecule is [CH2-]C1CCC1.[Cl-].[Zn+2]. The van der Waals surface area contributed by atoms with E-state index in [1.807, 2.05) is 0 Å². The summed E-state index contributed by atoms with van der Waals surface area (Å²) in [5, 5.41) is 0. The summed E-state index contributed by atoms with van der Waals surface area (Å²) in [7, 11) is 0. The number of hydrogen-bond acceptors (Lipinski definition) is 0. The summed E-state index contributed by atoms with van der Waals surface area (Å²) in [6.45, 7) is 3.84. The molecule has 1 aliphatic carbocycles. The van der Waals surface area contributed by atoms with Crippen molar-refractivity contribution in [3.8, 4) is 0 Å². The third-order valence-corrected chi connectivity index (χ3v) is 1.22. The Morgan fingerprint density at radius 1 is 1.29 bits per heavy atom. The van der Waals surface area contributed by atoms with Crippen molar-refractivity contribution in [2.45, 2.75) is 19.3 Å². The van der Waals surface area contributed by atoms with Crippen molar-refractivity contribution in [1.82, 2.24) is 0 Å². The molecule has 0 radical (unpaired) electrons. The van der Waals surface area contributed by atoms with Gasteiger partial charge in [-0.25, -0.2) is 0 Å². The molecule has 38 valence electrons. The number of rotatable bonds is 0. The molecule has 1 saturated carbocycles. The van der Waals surface area contributed by atoms with Gasteiger partial charge >= 0.3 is 19.5 Å². The van der Waals surface area contributed by atoms with Crippen LogP contribution in [0.5, 0.6) is 0 Å². The monoisotopic (exact) mass is 168 g/mol. The summed E-state index contributed by atoms with van der Waals surface area (Å²) in [4.78, 5) is 0. The largest absolute Gasteiger partial charge is 2.00 e. The van der Waals surface area contributed by atoms with Crippen molar-refractivity contribution < 1.29 is 31.9 Å². The molecule has 0 aromatic carbocycles. The van der Waals surface area contributed by atoms with E-state index in [4.69, 9.17) is 0 Å². The third kappa shape index (κ3) is 3.49. The van der Waals surface area contributed by atoms with Gasteiger partial charge in [-0.05, 0) is 0 Å². The third-order valence-electron chi connectivity index (χ3n) is 1.22. The molecule has 1 fully saturated rings. The van der Waals surface area contributed by atoms with Gasteiger partial charge in [-0.3, -0.25) is 0 Å². The van der Waals surface area contributed by atoms with E-state index >= 15 is 0 Å². The predicted octanol–water partition coefficient (Wildman–Crippen LogP) is -1.38. The summed E-state index contributed by atoms with van der Waals surface area (Å²) in [6.07, 6.45) is 4.17. The van der Waals surface area contributed by atoms with Gasteiger partial charge in [0.25, 0.3) is 0 Å². The van der Waals surface area contributed by atoms with Crippen molar-refractivity contribution in [2.24, 2.45) is 5.92 Å². The van der Waals surface area contributed by atoms with Crippen LogP contribution in [0.15, 0.2) is 0 Å². The molecule has 0 heterocycles. The van der Waals surface area contributed by atoms with Crippen LogP contribution in [0.4, 0.5) is 0 Å². The van der Waals surface area contributed by atoms with Crippen LogP contribution >= 0.6 is 0 Å². The molecule has 0 aromatic rings. The molecule has 0 N–H and O–H groups in total. The Morgan fingerprint density at radius 2 is 1.57 bits per heavy atom. The second-order valence-electron chi connectivity index (χ2n) is 1.80. The molecule has 1 aliphatic rings. The van der Waals surface area contributed by atoms with Gasteiger partial charge < -0.3 is 19.3 Å². The van der Waals surface area contributed by atoms with E-state index in [1.54, 1.807) is 0 Å². The summed E-state index contributed by atoms with van der Waals surface area (Å²) >= 11 is 0. The topological polar surface area (TPSA) is 0 Å². The predicted molar refractivity (Wildman–Crippen MR) is 22.7 cm³/mol. The Balaban J connectivity index is 0. The molecular formula is C5H9ClZn. The Bertz CT molecular complexity index is 35.1. The van der Waals surface area contributed by atoms with Crippen LogP contribution in [-0.2, 0) is 19.5 Å². The van der Waals surface area contributed by atoms with Crippen LogP contribution in [0, 0.1) is 12.8 Å². The number of hydrogen-bond donors (Lipinski definition) is 0. The standard InChI is InChI=1S/C5H9.ClH.Zn/c1-5-3-2-4-5;;/h5H,1-4H2;1H;/q-1;;+2/p-1. The quantitative estimate of drug-likeness (QED) is 0.310. The van der Waals surface area contributed by atoms with Crippen LogP contribution in [0.2, 0.25) is 0 Å². The van der Waals surface area contributed by atoms with E-state index in [0.717, 1.165) is 5.92 Å². The van der Waals surface area contributed by atoms with Gasteiger partial charge in [0.1, 0.15) is 0 Å². The van der Waals surface area contributed by atoms with Crippen molar-refractivity contribution >= 4 is 0 Å². The minimum Gasteiger partial charge on any atom is -1.00 e. The zero-order valence-electron chi connectivity index (χ0n) is 4.49. The van der Waals surface area contributed by atoms with Gasteiger partial charge in [-0.15, -0.1) is 0 Å². The van der Waals surface area contributed by atoms with Crippen LogP contribution in [0.25, 0.3) is 0 Å². The molecular weight excluding hydrogens is 161 g/mol. The molecule has 0 unspecified atom stereocenters. The fraction of sp³-hybridized carbons (Fsp3) is 0.800. The molecule has 0 aromatic heterocycles. The molecule has 0 amide bonds. The van der Waals surface area contributed by atoms with Gasteiger partial charge in [-0.2, -0.15) is 5.92 Å². The molecule has 7 heavy (non-hydrogen) atoms. The Kier molecular flexibility index (Phi) is 7.82. The summed E-state index contributed by atoms with van der Waals surface area (Å²) in [5.74, 6) is 0.815. The van der Waals surface area contributed by atoms with Gasteiger partial charge in [0, 0.05) is 0 Å². The maximum absolute atomic E-state index is 3.84. The minimum atomic E-state index is 0. The first-order valence-corrected chi connectivity index (χ1v) is 2.22. The molecule has 0 bridgehead atoms. The normalized spacial score (nSPS) is 18.4. The van der Waals surface area contributed by atoms with Crippen LogP contribution < -0.4 is 12.4 Å². The van der Waals surface area contributed by atoms with E-state index < -0.39 is 0 Å². The average Bonchev–Trinajstić information content (AvgIpc) is 1.30. The smallest absolute Gasteiger partial charge is 1.00 e. The van der Waals surface area contributed by atoms with E-state index in [-0.39, 0.29) is 31.9 Å². The van der Waals surface area contributed by atoms with Crippen molar-refractivity contribution in [1.29, 1.82) is 0 Å². The van der Waals surface area contributed by atoms with E-state index in [0.29, 0.717) is 0 Å². The Labute approximate surface area is 64.2 Å². The van der Waals surface area contributed by atoms with Crippen LogP contribution in [0.1, 0.15) is 19.3 Å². The molecule has 0 spiro atoms. The zero-order chi connectivity index (χ0) is 3.70. The van der Waals surface area contributed by atoms with Crippen molar-refractivity contribution in [2.75, 3.05) is 0 Å². The van der Waals surface area contributed by atoms with E-state index in [9.17, 15) is 0 Å². The molecule has 2 heteroatoms. The first kappa shape index (κ1) is 10.8. The van der Waals surface area contributed by atoms with Crippen LogP contribution in [-0.4, -0.2) is 0 Å². The second-order valence-corrected chi connectivity index (χ2v) is 1.80. The van der Waals surface area contributed by atoms with Gasteiger partial charge in [0.15, 0.2) is 0 Å². The second kappa shape index (κ2) is 5.06. The Morgan fingerprint density at radius 3 is 1.57 bits per heavy atom. The molecule has 1 rings (SSSR count). The van der Waals surface area contributed by atoms with Crippen molar-refractivity contribution in [3.63, 3.8) is 0 Å². The van der Waals surface area contributed by atoms with Gasteiger partial charge in [-0.1, -0.05) is 19.3 Å². The summed E-state index contributed by atoms with van der Waals surface area (Å²) in [5.41, 5.74) is 0. The summed E-state index contributed by atoms with van der Waals surface area (Å²) < 4.78 is 0. The first-order valence-electron chi connectivity index (χ1n) is 2.22. The number of halogens is 1. The molecule has 0 aliphatic heterocycles. The van der Waals surface area contributed by atoms with E-state index in [2.05, 4.69) is 6.92 Å². The van der Waals surface area contributed by atoms with Gasteiger partial charge in [0.05, 0.1) is 0 Å². The zero-order valence-corrected chi connectivity index (χ0v) is 8.21.